The number of carbonyl (C=O) groups is 1. The lowest BCUT2D eigenvalue weighted by Gasteiger charge is -2.49. The number of piperazine rings is 1. The highest BCUT2D eigenvalue weighted by molar-refractivity contribution is 5.82. The maximum absolute atomic E-state index is 13.4. The molecule has 2 aliphatic heterocycles. The van der Waals surface area contributed by atoms with Crippen molar-refractivity contribution in [2.45, 2.75) is 25.1 Å². The van der Waals surface area contributed by atoms with E-state index in [2.05, 4.69) is 15.1 Å². The molecule has 2 atom stereocenters. The van der Waals surface area contributed by atoms with Crippen LogP contribution >= 0.6 is 0 Å². The number of anilines is 1. The van der Waals surface area contributed by atoms with Gasteiger partial charge in [-0.3, -0.25) is 9.69 Å². The highest BCUT2D eigenvalue weighted by Gasteiger charge is 2.42. The fraction of sp³-hybridized carbons (Fsp3) is 0.500. The molecule has 4 rings (SSSR count). The molecule has 2 aromatic carbocycles. The molecule has 2 aromatic rings. The predicted molar refractivity (Wildman–Crippen MR) is 128 cm³/mol. The van der Waals surface area contributed by atoms with E-state index in [1.54, 1.807) is 13.2 Å². The zero-order valence-corrected chi connectivity index (χ0v) is 19.9. The van der Waals surface area contributed by atoms with Gasteiger partial charge < -0.3 is 19.7 Å². The van der Waals surface area contributed by atoms with Crippen molar-refractivity contribution >= 4 is 11.6 Å². The van der Waals surface area contributed by atoms with Crippen molar-refractivity contribution < 1.29 is 27.4 Å². The highest BCUT2D eigenvalue weighted by atomic mass is 19.4. The molecule has 0 radical (unpaired) electrons. The maximum Gasteiger partial charge on any atom is 0.416 e. The average Bonchev–Trinajstić information content (AvgIpc) is 2.85. The highest BCUT2D eigenvalue weighted by Crippen LogP contribution is 2.39. The third kappa shape index (κ3) is 6.27. The number of hydrogen-bond donors (Lipinski definition) is 1. The Morgan fingerprint density at radius 1 is 1.11 bits per heavy atom. The van der Waals surface area contributed by atoms with E-state index >= 15 is 0 Å². The van der Waals surface area contributed by atoms with Crippen LogP contribution in [0.15, 0.2) is 48.5 Å². The third-order valence-electron chi connectivity index (χ3n) is 6.70. The summed E-state index contributed by atoms with van der Waals surface area (Å²) in [5.74, 6) is 0.249. The molecule has 1 amide bonds. The first-order valence-corrected chi connectivity index (χ1v) is 12.0. The van der Waals surface area contributed by atoms with E-state index in [4.69, 9.17) is 9.47 Å². The molecule has 1 N–H and O–H groups in total. The SMILES string of the molecule is COCCCNC(=O)[C@@H]1Cc2cc(C(F)(F)F)ccc2N2CCN(CCOc3ccccc3)C[C@H]12. The summed E-state index contributed by atoms with van der Waals surface area (Å²) in [5, 5.41) is 2.96. The molecule has 2 heterocycles. The fourth-order valence-electron chi connectivity index (χ4n) is 4.93. The Morgan fingerprint density at radius 2 is 1.91 bits per heavy atom. The maximum atomic E-state index is 13.4. The van der Waals surface area contributed by atoms with Crippen LogP contribution in [0.2, 0.25) is 0 Å². The number of benzene rings is 2. The number of amides is 1. The van der Waals surface area contributed by atoms with Crippen molar-refractivity contribution in [3.05, 3.63) is 59.7 Å². The topological polar surface area (TPSA) is 54.0 Å². The van der Waals surface area contributed by atoms with Crippen LogP contribution in [0.5, 0.6) is 5.75 Å². The number of fused-ring (bicyclic) bond motifs is 3. The van der Waals surface area contributed by atoms with Gasteiger partial charge in [0.15, 0.2) is 0 Å². The second-order valence-electron chi connectivity index (χ2n) is 9.01. The molecule has 9 heteroatoms. The fourth-order valence-corrected chi connectivity index (χ4v) is 4.93. The molecule has 35 heavy (non-hydrogen) atoms. The van der Waals surface area contributed by atoms with E-state index in [0.29, 0.717) is 51.4 Å². The molecule has 2 aliphatic rings. The van der Waals surface area contributed by atoms with Crippen molar-refractivity contribution in [2.75, 3.05) is 57.9 Å². The van der Waals surface area contributed by atoms with Crippen LogP contribution in [0, 0.1) is 5.92 Å². The van der Waals surface area contributed by atoms with Gasteiger partial charge in [0.05, 0.1) is 17.5 Å². The van der Waals surface area contributed by atoms with Gasteiger partial charge in [0.2, 0.25) is 5.91 Å². The Bertz CT molecular complexity index is 987. The molecule has 0 saturated carbocycles. The first kappa shape index (κ1) is 25.3. The molecule has 0 aromatic heterocycles. The summed E-state index contributed by atoms with van der Waals surface area (Å²) < 4.78 is 51.0. The Hall–Kier alpha value is -2.78. The van der Waals surface area contributed by atoms with Crippen molar-refractivity contribution in [2.24, 2.45) is 5.92 Å². The summed E-state index contributed by atoms with van der Waals surface area (Å²) >= 11 is 0. The Kier molecular flexibility index (Phi) is 8.18. The number of nitrogens with one attached hydrogen (secondary N) is 1. The third-order valence-corrected chi connectivity index (χ3v) is 6.70. The van der Waals surface area contributed by atoms with Gasteiger partial charge >= 0.3 is 6.18 Å². The van der Waals surface area contributed by atoms with Gasteiger partial charge in [-0.05, 0) is 48.7 Å². The molecule has 0 spiro atoms. The lowest BCUT2D eigenvalue weighted by atomic mass is 9.82. The van der Waals surface area contributed by atoms with Crippen LogP contribution < -0.4 is 15.0 Å². The summed E-state index contributed by atoms with van der Waals surface area (Å²) in [4.78, 5) is 17.6. The van der Waals surface area contributed by atoms with Gasteiger partial charge in [0.1, 0.15) is 12.4 Å². The average molecular weight is 492 g/mol. The zero-order chi connectivity index (χ0) is 24.8. The van der Waals surface area contributed by atoms with Crippen LogP contribution in [0.1, 0.15) is 17.5 Å². The standard InChI is InChI=1S/C26H32F3N3O3/c1-34-14-5-10-30-25(33)22-17-19-16-20(26(27,28)29)8-9-23(19)32-12-11-31(18-24(22)32)13-15-35-21-6-3-2-4-7-21/h2-4,6-9,16,22,24H,5,10-15,17-18H2,1H3,(H,30,33)/t22-,24-/m1/s1. The summed E-state index contributed by atoms with van der Waals surface area (Å²) in [6.07, 6.45) is -3.45. The number of alkyl halides is 3. The molecule has 6 nitrogen and oxygen atoms in total. The molecule has 0 aliphatic carbocycles. The molecule has 190 valence electrons. The normalized spacial score (nSPS) is 20.2. The van der Waals surface area contributed by atoms with Gasteiger partial charge in [-0.2, -0.15) is 13.2 Å². The van der Waals surface area contributed by atoms with Crippen LogP contribution in [-0.2, 0) is 22.1 Å². The Labute approximate surface area is 204 Å². The second kappa shape index (κ2) is 11.3. The van der Waals surface area contributed by atoms with Gasteiger partial charge in [0.25, 0.3) is 0 Å². The van der Waals surface area contributed by atoms with Crippen LogP contribution in [0.3, 0.4) is 0 Å². The summed E-state index contributed by atoms with van der Waals surface area (Å²) in [6.45, 7) is 4.28. The summed E-state index contributed by atoms with van der Waals surface area (Å²) in [7, 11) is 1.61. The second-order valence-corrected chi connectivity index (χ2v) is 9.01. The van der Waals surface area contributed by atoms with Crippen LogP contribution in [-0.4, -0.2) is 69.9 Å². The molecule has 1 fully saturated rings. The van der Waals surface area contributed by atoms with E-state index in [0.717, 1.165) is 24.0 Å². The minimum absolute atomic E-state index is 0.118. The van der Waals surface area contributed by atoms with E-state index in [-0.39, 0.29) is 18.4 Å². The zero-order valence-electron chi connectivity index (χ0n) is 19.9. The molecular formula is C26H32F3N3O3. The Balaban J connectivity index is 1.48. The van der Waals surface area contributed by atoms with E-state index in [1.165, 1.54) is 6.07 Å². The van der Waals surface area contributed by atoms with Gasteiger partial charge in [-0.1, -0.05) is 18.2 Å². The minimum atomic E-state index is -4.42. The number of ether oxygens (including phenoxy) is 2. The van der Waals surface area contributed by atoms with Crippen molar-refractivity contribution in [3.8, 4) is 5.75 Å². The summed E-state index contributed by atoms with van der Waals surface area (Å²) in [6, 6.07) is 13.4. The molecule has 0 bridgehead atoms. The smallest absolute Gasteiger partial charge is 0.416 e. The first-order chi connectivity index (χ1) is 16.9. The Morgan fingerprint density at radius 3 is 2.66 bits per heavy atom. The van der Waals surface area contributed by atoms with E-state index < -0.39 is 17.7 Å². The first-order valence-electron chi connectivity index (χ1n) is 12.0. The number of para-hydroxylation sites is 1. The van der Waals surface area contributed by atoms with E-state index in [1.807, 2.05) is 30.3 Å². The summed E-state index contributed by atoms with van der Waals surface area (Å²) in [5.41, 5.74) is 0.700. The van der Waals surface area contributed by atoms with E-state index in [9.17, 15) is 18.0 Å². The minimum Gasteiger partial charge on any atom is -0.492 e. The largest absolute Gasteiger partial charge is 0.492 e. The van der Waals surface area contributed by atoms with Crippen molar-refractivity contribution in [1.82, 2.24) is 10.2 Å². The van der Waals surface area contributed by atoms with Gasteiger partial charge in [0, 0.05) is 52.1 Å². The van der Waals surface area contributed by atoms with Crippen molar-refractivity contribution in [1.29, 1.82) is 0 Å². The van der Waals surface area contributed by atoms with Crippen LogP contribution in [0.4, 0.5) is 18.9 Å². The monoisotopic (exact) mass is 491 g/mol. The number of methoxy groups -OCH3 is 1. The quantitative estimate of drug-likeness (QED) is 0.544. The van der Waals surface area contributed by atoms with Gasteiger partial charge in [-0.15, -0.1) is 0 Å². The molecular weight excluding hydrogens is 459 g/mol. The number of halogens is 3. The van der Waals surface area contributed by atoms with Crippen LogP contribution in [0.25, 0.3) is 0 Å². The lowest BCUT2D eigenvalue weighted by Crippen LogP contribution is -2.61. The molecule has 0 unspecified atom stereocenters. The lowest BCUT2D eigenvalue weighted by molar-refractivity contribution is -0.137. The predicted octanol–water partition coefficient (Wildman–Crippen LogP) is 3.60. The number of nitrogens with zero attached hydrogens (tertiary/aromatic N) is 2. The number of rotatable bonds is 9. The number of hydrogen-bond acceptors (Lipinski definition) is 5. The van der Waals surface area contributed by atoms with Gasteiger partial charge in [-0.25, -0.2) is 0 Å². The molecule has 1 saturated heterocycles. The number of carbonyl (C=O) groups excluding carboxylic acids is 1. The van der Waals surface area contributed by atoms with Crippen molar-refractivity contribution in [3.63, 3.8) is 0 Å².